The number of carbonyl (C=O) groups is 1. The van der Waals surface area contributed by atoms with Crippen LogP contribution in [0, 0.1) is 13.8 Å². The van der Waals surface area contributed by atoms with Gasteiger partial charge in [-0.15, -0.1) is 0 Å². The van der Waals surface area contributed by atoms with Gasteiger partial charge in [0.2, 0.25) is 5.91 Å². The van der Waals surface area contributed by atoms with Crippen LogP contribution in [0.5, 0.6) is 0 Å². The maximum atomic E-state index is 13.3. The van der Waals surface area contributed by atoms with Crippen LogP contribution in [0.15, 0.2) is 53.4 Å². The first-order chi connectivity index (χ1) is 11.9. The van der Waals surface area contributed by atoms with Gasteiger partial charge in [0.1, 0.15) is 0 Å². The quantitative estimate of drug-likeness (QED) is 0.898. The summed E-state index contributed by atoms with van der Waals surface area (Å²) in [5.74, 6) is -0.414. The normalized spacial score (nSPS) is 16.6. The summed E-state index contributed by atoms with van der Waals surface area (Å²) >= 11 is 0. The molecule has 0 heterocycles. The van der Waals surface area contributed by atoms with Crippen LogP contribution < -0.4 is 5.32 Å². The van der Waals surface area contributed by atoms with E-state index < -0.39 is 20.5 Å². The van der Waals surface area contributed by atoms with Crippen LogP contribution in [-0.2, 0) is 14.6 Å². The first-order valence-corrected chi connectivity index (χ1v) is 10.0. The Morgan fingerprint density at radius 2 is 1.64 bits per heavy atom. The van der Waals surface area contributed by atoms with E-state index >= 15 is 0 Å². The summed E-state index contributed by atoms with van der Waals surface area (Å²) in [6, 6.07) is 14.1. The smallest absolute Gasteiger partial charge is 0.246 e. The molecule has 4 nitrogen and oxygen atoms in total. The van der Waals surface area contributed by atoms with Crippen molar-refractivity contribution < 1.29 is 13.2 Å². The fourth-order valence-electron chi connectivity index (χ4n) is 3.50. The van der Waals surface area contributed by atoms with Crippen molar-refractivity contribution in [3.63, 3.8) is 0 Å². The summed E-state index contributed by atoms with van der Waals surface area (Å²) < 4.78 is 25.2. The molecule has 2 aromatic carbocycles. The molecule has 1 aliphatic rings. The lowest BCUT2D eigenvalue weighted by Gasteiger charge is -2.28. The summed E-state index contributed by atoms with van der Waals surface area (Å²) in [5, 5.41) is 2.89. The van der Waals surface area contributed by atoms with Crippen LogP contribution in [-0.4, -0.2) is 19.1 Å². The Bertz CT molecular complexity index is 882. The Kier molecular flexibility index (Phi) is 4.69. The van der Waals surface area contributed by atoms with Gasteiger partial charge in [-0.05, 0) is 56.0 Å². The minimum Gasteiger partial charge on any atom is -0.324 e. The van der Waals surface area contributed by atoms with E-state index in [2.05, 4.69) is 5.32 Å². The Labute approximate surface area is 149 Å². The fourth-order valence-corrected chi connectivity index (χ4v) is 5.58. The third kappa shape index (κ3) is 3.09. The maximum absolute atomic E-state index is 13.3. The molecular formula is C20H23NO3S. The van der Waals surface area contributed by atoms with Crippen LogP contribution >= 0.6 is 0 Å². The molecule has 1 aliphatic carbocycles. The Morgan fingerprint density at radius 1 is 1.00 bits per heavy atom. The summed E-state index contributed by atoms with van der Waals surface area (Å²) in [6.07, 6.45) is 2.21. The molecule has 0 bridgehead atoms. The van der Waals surface area contributed by atoms with E-state index in [-0.39, 0.29) is 4.90 Å². The zero-order valence-electron chi connectivity index (χ0n) is 14.6. The Hall–Kier alpha value is -2.14. The van der Waals surface area contributed by atoms with E-state index in [1.807, 2.05) is 32.0 Å². The van der Waals surface area contributed by atoms with Gasteiger partial charge in [-0.3, -0.25) is 4.79 Å². The van der Waals surface area contributed by atoms with Gasteiger partial charge in [0.05, 0.1) is 4.90 Å². The molecule has 0 unspecified atom stereocenters. The zero-order valence-corrected chi connectivity index (χ0v) is 15.4. The highest BCUT2D eigenvalue weighted by atomic mass is 32.2. The molecule has 2 aromatic rings. The van der Waals surface area contributed by atoms with Crippen molar-refractivity contribution in [2.45, 2.75) is 49.2 Å². The standard InChI is InChI=1S/C20H23NO3S/c1-15-10-11-16(2)18(14-15)21-19(22)20(12-6-7-13-20)25(23,24)17-8-4-3-5-9-17/h3-5,8-11,14H,6-7,12-13H2,1-2H3,(H,21,22). The molecule has 0 atom stereocenters. The molecule has 5 heteroatoms. The lowest BCUT2D eigenvalue weighted by molar-refractivity contribution is -0.118. The van der Waals surface area contributed by atoms with Crippen molar-refractivity contribution >= 4 is 21.4 Å². The van der Waals surface area contributed by atoms with Gasteiger partial charge >= 0.3 is 0 Å². The first kappa shape index (κ1) is 17.7. The van der Waals surface area contributed by atoms with E-state index in [9.17, 15) is 13.2 Å². The number of anilines is 1. The minimum atomic E-state index is -3.75. The second kappa shape index (κ2) is 6.64. The van der Waals surface area contributed by atoms with Gasteiger partial charge in [0.25, 0.3) is 0 Å². The SMILES string of the molecule is Cc1ccc(C)c(NC(=O)C2(S(=O)(=O)c3ccccc3)CCCC2)c1. The first-order valence-electron chi connectivity index (χ1n) is 8.55. The van der Waals surface area contributed by atoms with E-state index in [0.29, 0.717) is 18.5 Å². The average Bonchev–Trinajstić information content (AvgIpc) is 3.10. The molecule has 1 fully saturated rings. The summed E-state index contributed by atoms with van der Waals surface area (Å²) in [7, 11) is -3.75. The van der Waals surface area contributed by atoms with Gasteiger partial charge in [-0.25, -0.2) is 8.42 Å². The molecule has 132 valence electrons. The molecular weight excluding hydrogens is 334 g/mol. The van der Waals surface area contributed by atoms with Crippen LogP contribution in [0.1, 0.15) is 36.8 Å². The number of benzene rings is 2. The average molecular weight is 357 g/mol. The zero-order chi connectivity index (χ0) is 18.1. The summed E-state index contributed by atoms with van der Waals surface area (Å²) in [5.41, 5.74) is 2.62. The number of sulfone groups is 1. The van der Waals surface area contributed by atoms with Gasteiger partial charge in [-0.1, -0.05) is 43.2 Å². The number of amides is 1. The fraction of sp³-hybridized carbons (Fsp3) is 0.350. The molecule has 0 radical (unpaired) electrons. The van der Waals surface area contributed by atoms with Gasteiger partial charge < -0.3 is 5.32 Å². The van der Waals surface area contributed by atoms with E-state index in [1.54, 1.807) is 30.3 Å². The highest BCUT2D eigenvalue weighted by Crippen LogP contribution is 2.41. The molecule has 1 amide bonds. The van der Waals surface area contributed by atoms with Crippen molar-refractivity contribution in [3.05, 3.63) is 59.7 Å². The molecule has 25 heavy (non-hydrogen) atoms. The van der Waals surface area contributed by atoms with Crippen molar-refractivity contribution in [2.75, 3.05) is 5.32 Å². The third-order valence-corrected chi connectivity index (χ3v) is 7.55. The van der Waals surface area contributed by atoms with Gasteiger partial charge in [0, 0.05) is 5.69 Å². The van der Waals surface area contributed by atoms with Crippen LogP contribution in [0.2, 0.25) is 0 Å². The summed E-state index contributed by atoms with van der Waals surface area (Å²) in [6.45, 7) is 3.85. The molecule has 0 saturated heterocycles. The lowest BCUT2D eigenvalue weighted by Crippen LogP contribution is -2.47. The molecule has 3 rings (SSSR count). The number of nitrogens with one attached hydrogen (secondary N) is 1. The molecule has 0 aromatic heterocycles. The topological polar surface area (TPSA) is 63.2 Å². The number of carbonyl (C=O) groups excluding carboxylic acids is 1. The monoisotopic (exact) mass is 357 g/mol. The molecule has 0 aliphatic heterocycles. The lowest BCUT2D eigenvalue weighted by atomic mass is 10.1. The van der Waals surface area contributed by atoms with Crippen molar-refractivity contribution in [1.82, 2.24) is 0 Å². The largest absolute Gasteiger partial charge is 0.324 e. The number of hydrogen-bond donors (Lipinski definition) is 1. The second-order valence-electron chi connectivity index (χ2n) is 6.79. The third-order valence-electron chi connectivity index (χ3n) is 5.03. The van der Waals surface area contributed by atoms with Crippen LogP contribution in [0.25, 0.3) is 0 Å². The number of hydrogen-bond acceptors (Lipinski definition) is 3. The van der Waals surface area contributed by atoms with Crippen molar-refractivity contribution in [1.29, 1.82) is 0 Å². The molecule has 1 N–H and O–H groups in total. The summed E-state index contributed by atoms with van der Waals surface area (Å²) in [4.78, 5) is 13.3. The highest BCUT2D eigenvalue weighted by Gasteiger charge is 2.52. The highest BCUT2D eigenvalue weighted by molar-refractivity contribution is 7.93. The van der Waals surface area contributed by atoms with E-state index in [0.717, 1.165) is 24.0 Å². The number of rotatable bonds is 4. The second-order valence-corrected chi connectivity index (χ2v) is 9.05. The molecule has 0 spiro atoms. The maximum Gasteiger partial charge on any atom is 0.246 e. The van der Waals surface area contributed by atoms with E-state index in [1.165, 1.54) is 0 Å². The van der Waals surface area contributed by atoms with E-state index in [4.69, 9.17) is 0 Å². The van der Waals surface area contributed by atoms with Gasteiger partial charge in [0.15, 0.2) is 14.6 Å². The van der Waals surface area contributed by atoms with Crippen molar-refractivity contribution in [2.24, 2.45) is 0 Å². The predicted octanol–water partition coefficient (Wildman–Crippen LogP) is 4.03. The van der Waals surface area contributed by atoms with Crippen molar-refractivity contribution in [3.8, 4) is 0 Å². The Balaban J connectivity index is 2.01. The van der Waals surface area contributed by atoms with Crippen LogP contribution in [0.3, 0.4) is 0 Å². The van der Waals surface area contributed by atoms with Crippen LogP contribution in [0.4, 0.5) is 5.69 Å². The molecule has 1 saturated carbocycles. The Morgan fingerprint density at radius 3 is 2.28 bits per heavy atom. The predicted molar refractivity (Wildman–Crippen MR) is 99.4 cm³/mol. The van der Waals surface area contributed by atoms with Gasteiger partial charge in [-0.2, -0.15) is 0 Å². The minimum absolute atomic E-state index is 0.216. The number of aryl methyl sites for hydroxylation is 2.